The Balaban J connectivity index is 2.04. The Kier molecular flexibility index (Phi) is 12.9. The Hall–Kier alpha value is -4.08. The van der Waals surface area contributed by atoms with E-state index in [9.17, 15) is 59.6 Å². The molecule has 3 aromatic carbocycles. The minimum Gasteiger partial charge on any atom is -0.397 e. The second kappa shape index (κ2) is 15.7. The SMILES string of the molecule is Cc1c(N)c(/N=N/c2ccc(S(=O)(=O)CCOS(=O)(=O)O)cc2S(=O)(=O)O)cc(/N=N/c2ccc(S(=O)(=O)CCOS(=O)(=O)O)cc2S(=O)(=O)O)c1N. The van der Waals surface area contributed by atoms with Crippen LogP contribution in [0.5, 0.6) is 0 Å². The molecule has 0 aromatic heterocycles. The largest absolute Gasteiger partial charge is 0.397 e. The molecule has 0 radical (unpaired) electrons. The van der Waals surface area contributed by atoms with Gasteiger partial charge >= 0.3 is 20.8 Å². The fourth-order valence-corrected chi connectivity index (χ4v) is 8.35. The Morgan fingerprint density at radius 1 is 0.528 bits per heavy atom. The molecule has 292 valence electrons. The van der Waals surface area contributed by atoms with Crippen molar-refractivity contribution in [1.82, 2.24) is 0 Å². The number of nitrogens with two attached hydrogens (primary N) is 2. The summed E-state index contributed by atoms with van der Waals surface area (Å²) in [6, 6.07) is 5.28. The lowest BCUT2D eigenvalue weighted by Crippen LogP contribution is -2.16. The van der Waals surface area contributed by atoms with Gasteiger partial charge in [0.2, 0.25) is 0 Å². The zero-order valence-electron chi connectivity index (χ0n) is 26.3. The van der Waals surface area contributed by atoms with E-state index in [0.29, 0.717) is 12.1 Å². The van der Waals surface area contributed by atoms with Crippen LogP contribution in [0.25, 0.3) is 0 Å². The molecule has 3 rings (SSSR count). The van der Waals surface area contributed by atoms with Crippen LogP contribution in [-0.2, 0) is 69.1 Å². The minimum absolute atomic E-state index is 0.0857. The molecule has 8 N–H and O–H groups in total. The van der Waals surface area contributed by atoms with Gasteiger partial charge in [0.1, 0.15) is 32.5 Å². The lowest BCUT2D eigenvalue weighted by Gasteiger charge is -2.11. The van der Waals surface area contributed by atoms with Crippen molar-refractivity contribution in [2.75, 3.05) is 36.2 Å². The molecule has 0 saturated heterocycles. The molecular weight excluding hydrogens is 841 g/mol. The van der Waals surface area contributed by atoms with Crippen LogP contribution in [0.4, 0.5) is 34.1 Å². The number of nitrogens with zero attached hydrogens (tertiary/aromatic N) is 4. The van der Waals surface area contributed by atoms with E-state index in [1.165, 1.54) is 6.92 Å². The molecule has 30 heteroatoms. The van der Waals surface area contributed by atoms with Crippen molar-refractivity contribution in [2.24, 2.45) is 20.5 Å². The summed E-state index contributed by atoms with van der Waals surface area (Å²) < 4.78 is 186. The smallest absolute Gasteiger partial charge is 0.397 e. The number of anilines is 2. The summed E-state index contributed by atoms with van der Waals surface area (Å²) >= 11 is 0. The highest BCUT2D eigenvalue weighted by Crippen LogP contribution is 2.40. The summed E-state index contributed by atoms with van der Waals surface area (Å²) in [5.74, 6) is -2.08. The molecule has 3 aromatic rings. The molecule has 0 amide bonds. The van der Waals surface area contributed by atoms with Crippen LogP contribution in [0.15, 0.2) is 82.5 Å². The molecule has 0 atom stereocenters. The van der Waals surface area contributed by atoms with Gasteiger partial charge in [0, 0.05) is 0 Å². The van der Waals surface area contributed by atoms with E-state index in [0.717, 1.165) is 30.3 Å². The monoisotopic (exact) mass is 866 g/mol. The average molecular weight is 867 g/mol. The molecular formula is C23H26N6O18S6. The predicted molar refractivity (Wildman–Crippen MR) is 180 cm³/mol. The maximum Gasteiger partial charge on any atom is 0.397 e. The Labute approximate surface area is 301 Å². The summed E-state index contributed by atoms with van der Waals surface area (Å²) in [6.07, 6.45) is 0. The van der Waals surface area contributed by atoms with Gasteiger partial charge in [0.25, 0.3) is 20.2 Å². The van der Waals surface area contributed by atoms with Gasteiger partial charge in [-0.15, -0.1) is 20.5 Å². The van der Waals surface area contributed by atoms with Gasteiger partial charge in [0.15, 0.2) is 19.7 Å². The first-order chi connectivity index (χ1) is 24.0. The van der Waals surface area contributed by atoms with E-state index in [4.69, 9.17) is 20.6 Å². The topological polar surface area (TPSA) is 406 Å². The Morgan fingerprint density at radius 2 is 0.849 bits per heavy atom. The fourth-order valence-electron chi connectivity index (χ4n) is 3.88. The molecule has 24 nitrogen and oxygen atoms in total. The fraction of sp³-hybridized carbons (Fsp3) is 0.217. The summed E-state index contributed by atoms with van der Waals surface area (Å²) in [4.78, 5) is -3.60. The van der Waals surface area contributed by atoms with Crippen LogP contribution in [0.1, 0.15) is 5.56 Å². The van der Waals surface area contributed by atoms with Crippen molar-refractivity contribution < 1.29 is 77.1 Å². The second-order valence-electron chi connectivity index (χ2n) is 10.1. The number of azo groups is 2. The highest BCUT2D eigenvalue weighted by atomic mass is 32.3. The summed E-state index contributed by atoms with van der Waals surface area (Å²) in [5, 5.41) is 15.0. The highest BCUT2D eigenvalue weighted by molar-refractivity contribution is 7.92. The van der Waals surface area contributed by atoms with Gasteiger partial charge in [-0.25, -0.2) is 25.2 Å². The number of rotatable bonds is 16. The van der Waals surface area contributed by atoms with Crippen LogP contribution in [0, 0.1) is 6.92 Å². The molecule has 0 spiro atoms. The zero-order valence-corrected chi connectivity index (χ0v) is 31.2. The third kappa shape index (κ3) is 12.0. The van der Waals surface area contributed by atoms with E-state index in [-0.39, 0.29) is 28.3 Å². The molecule has 53 heavy (non-hydrogen) atoms. The number of hydrogen-bond acceptors (Lipinski definition) is 20. The maximum atomic E-state index is 12.6. The standard InChI is InChI=1S/C23H26N6O18S6/c1-13-22(24)18(28-26-16-4-2-14(10-20(16)50(34,35)36)48(30,31)8-6-46-52(40,41)42)12-19(23(13)25)29-27-17-5-3-15(11-21(17)51(37,38)39)49(32,33)9-7-47-53(43,44)45/h2-5,10-12H,6-9,24-25H2,1H3,(H,34,35,36)(H,37,38,39)(H,40,41,42)(H,43,44,45)/b28-26+,29-27+. The van der Waals surface area contributed by atoms with Gasteiger partial charge in [0.05, 0.1) is 45.9 Å². The van der Waals surface area contributed by atoms with Crippen molar-refractivity contribution in [3.05, 3.63) is 48.0 Å². The highest BCUT2D eigenvalue weighted by Gasteiger charge is 2.25. The molecule has 0 bridgehead atoms. The minimum atomic E-state index is -5.19. The average Bonchev–Trinajstić information content (AvgIpc) is 3.00. The summed E-state index contributed by atoms with van der Waals surface area (Å²) in [5.41, 5.74) is 10.0. The van der Waals surface area contributed by atoms with Crippen LogP contribution < -0.4 is 11.5 Å². The maximum absolute atomic E-state index is 12.6. The van der Waals surface area contributed by atoms with E-state index in [2.05, 4.69) is 28.8 Å². The first-order valence-corrected chi connectivity index (χ1v) is 22.4. The van der Waals surface area contributed by atoms with E-state index >= 15 is 0 Å². The first-order valence-electron chi connectivity index (χ1n) is 13.5. The molecule has 0 saturated carbocycles. The molecule has 0 aliphatic heterocycles. The predicted octanol–water partition coefficient (Wildman–Crippen LogP) is 1.67. The van der Waals surface area contributed by atoms with E-state index in [1.54, 1.807) is 0 Å². The van der Waals surface area contributed by atoms with Gasteiger partial charge in [-0.2, -0.15) is 33.7 Å². The van der Waals surface area contributed by atoms with Crippen molar-refractivity contribution in [2.45, 2.75) is 26.5 Å². The normalized spacial score (nSPS) is 13.6. The molecule has 0 heterocycles. The quantitative estimate of drug-likeness (QED) is 0.0677. The van der Waals surface area contributed by atoms with E-state index < -0.39 is 116 Å². The van der Waals surface area contributed by atoms with Crippen molar-refractivity contribution in [1.29, 1.82) is 0 Å². The second-order valence-corrected chi connectivity index (χ2v) is 19.3. The molecule has 0 aliphatic rings. The lowest BCUT2D eigenvalue weighted by atomic mass is 10.1. The number of sulfone groups is 2. The van der Waals surface area contributed by atoms with Crippen LogP contribution in [0.2, 0.25) is 0 Å². The molecule has 0 fully saturated rings. The Morgan fingerprint density at radius 3 is 1.15 bits per heavy atom. The summed E-state index contributed by atoms with van der Waals surface area (Å²) in [6.45, 7) is -0.713. The van der Waals surface area contributed by atoms with Gasteiger partial charge in [-0.1, -0.05) is 0 Å². The molecule has 0 unspecified atom stereocenters. The third-order valence-electron chi connectivity index (χ3n) is 6.47. The molecule has 0 aliphatic carbocycles. The zero-order chi connectivity index (χ0) is 40.4. The van der Waals surface area contributed by atoms with Gasteiger partial charge in [-0.3, -0.25) is 18.2 Å². The van der Waals surface area contributed by atoms with E-state index in [1.807, 2.05) is 0 Å². The Bertz CT molecular complexity index is 2500. The summed E-state index contributed by atoms with van der Waals surface area (Å²) in [7, 11) is -29.3. The number of hydrogen-bond donors (Lipinski definition) is 6. The van der Waals surface area contributed by atoms with Crippen LogP contribution >= 0.6 is 0 Å². The third-order valence-corrected chi connectivity index (χ3v) is 12.5. The van der Waals surface area contributed by atoms with Crippen molar-refractivity contribution in [3.8, 4) is 0 Å². The van der Waals surface area contributed by atoms with Gasteiger partial charge in [-0.05, 0) is 55.0 Å². The first kappa shape index (κ1) is 43.3. The van der Waals surface area contributed by atoms with Crippen molar-refractivity contribution in [3.63, 3.8) is 0 Å². The van der Waals surface area contributed by atoms with Crippen LogP contribution in [-0.4, -0.2) is 93.4 Å². The number of benzene rings is 3. The van der Waals surface area contributed by atoms with Crippen LogP contribution in [0.3, 0.4) is 0 Å². The van der Waals surface area contributed by atoms with Gasteiger partial charge < -0.3 is 11.5 Å². The lowest BCUT2D eigenvalue weighted by molar-refractivity contribution is 0.282. The van der Waals surface area contributed by atoms with Crippen molar-refractivity contribution >= 4 is 94.8 Å². The number of nitrogen functional groups attached to an aromatic ring is 2.